The summed E-state index contributed by atoms with van der Waals surface area (Å²) in [5.74, 6) is -1.60. The van der Waals surface area contributed by atoms with Crippen molar-refractivity contribution in [3.8, 4) is 5.75 Å². The minimum Gasteiger partial charge on any atom is -0.406 e. The first kappa shape index (κ1) is 27.4. The third-order valence-electron chi connectivity index (χ3n) is 7.11. The van der Waals surface area contributed by atoms with E-state index in [1.54, 1.807) is 0 Å². The van der Waals surface area contributed by atoms with Gasteiger partial charge in [0.1, 0.15) is 17.1 Å². The van der Waals surface area contributed by atoms with Crippen molar-refractivity contribution in [3.05, 3.63) is 74.8 Å². The number of fused-ring (bicyclic) bond motifs is 1. The average Bonchev–Trinajstić information content (AvgIpc) is 3.71. The molecule has 1 unspecified atom stereocenters. The van der Waals surface area contributed by atoms with Gasteiger partial charge in [-0.25, -0.2) is 4.39 Å². The highest BCUT2D eigenvalue weighted by molar-refractivity contribution is 6.31. The lowest BCUT2D eigenvalue weighted by atomic mass is 10.0. The van der Waals surface area contributed by atoms with Crippen LogP contribution in [0.3, 0.4) is 0 Å². The molecule has 0 radical (unpaired) electrons. The summed E-state index contributed by atoms with van der Waals surface area (Å²) < 4.78 is 56.8. The molecule has 1 aliphatic carbocycles. The maximum Gasteiger partial charge on any atom is 0.573 e. The molecule has 39 heavy (non-hydrogen) atoms. The molecular formula is C27H26ClF4N3O4. The number of pyridine rings is 1. The summed E-state index contributed by atoms with van der Waals surface area (Å²) in [5.41, 5.74) is 0.356. The number of rotatable bonds is 7. The van der Waals surface area contributed by atoms with Gasteiger partial charge in [-0.05, 0) is 55.5 Å². The van der Waals surface area contributed by atoms with Crippen molar-refractivity contribution in [2.45, 2.75) is 50.2 Å². The van der Waals surface area contributed by atoms with E-state index in [9.17, 15) is 32.3 Å². The van der Waals surface area contributed by atoms with E-state index in [0.29, 0.717) is 37.0 Å². The Bertz CT molecular complexity index is 1430. The maximum absolute atomic E-state index is 14.1. The number of ether oxygens (including phenoxy) is 1. The number of benzene rings is 2. The SMILES string of the molecule is O=C(NC1CCN(CC(O)c2ccc(OC(F)(F)F)cc2)CC1)c1cn(C2CC2)c2cc(Cl)c(F)cc2c1=O. The molecule has 1 amide bonds. The number of amides is 1. The number of nitrogens with one attached hydrogen (secondary N) is 1. The quantitative estimate of drug-likeness (QED) is 0.395. The first-order valence-corrected chi connectivity index (χ1v) is 13.0. The Labute approximate surface area is 225 Å². The predicted molar refractivity (Wildman–Crippen MR) is 136 cm³/mol. The van der Waals surface area contributed by atoms with Crippen molar-refractivity contribution in [1.82, 2.24) is 14.8 Å². The van der Waals surface area contributed by atoms with Crippen molar-refractivity contribution < 1.29 is 32.2 Å². The van der Waals surface area contributed by atoms with Crippen molar-refractivity contribution in [1.29, 1.82) is 0 Å². The van der Waals surface area contributed by atoms with Gasteiger partial charge in [-0.2, -0.15) is 0 Å². The summed E-state index contributed by atoms with van der Waals surface area (Å²) >= 11 is 5.94. The van der Waals surface area contributed by atoms with Gasteiger partial charge in [0.2, 0.25) is 5.43 Å². The van der Waals surface area contributed by atoms with E-state index in [-0.39, 0.29) is 40.4 Å². The third-order valence-corrected chi connectivity index (χ3v) is 7.40. The number of aromatic nitrogens is 1. The monoisotopic (exact) mass is 567 g/mol. The van der Waals surface area contributed by atoms with Crippen LogP contribution in [0.4, 0.5) is 17.6 Å². The lowest BCUT2D eigenvalue weighted by Gasteiger charge is -2.33. The Kier molecular flexibility index (Phi) is 7.58. The fourth-order valence-electron chi connectivity index (χ4n) is 4.93. The van der Waals surface area contributed by atoms with Gasteiger partial charge in [-0.15, -0.1) is 13.2 Å². The molecule has 208 valence electrons. The lowest BCUT2D eigenvalue weighted by molar-refractivity contribution is -0.274. The van der Waals surface area contributed by atoms with E-state index in [2.05, 4.69) is 10.1 Å². The largest absolute Gasteiger partial charge is 0.573 e. The molecule has 2 N–H and O–H groups in total. The predicted octanol–water partition coefficient (Wildman–Crippen LogP) is 4.96. The highest BCUT2D eigenvalue weighted by Crippen LogP contribution is 2.37. The van der Waals surface area contributed by atoms with Crippen LogP contribution in [-0.4, -0.2) is 52.5 Å². The number of nitrogens with zero attached hydrogens (tertiary/aromatic N) is 2. The van der Waals surface area contributed by atoms with Crippen LogP contribution in [0, 0.1) is 5.82 Å². The smallest absolute Gasteiger partial charge is 0.406 e. The van der Waals surface area contributed by atoms with Gasteiger partial charge in [-0.3, -0.25) is 9.59 Å². The molecule has 7 nitrogen and oxygen atoms in total. The number of likely N-dealkylation sites (tertiary alicyclic amines) is 1. The van der Waals surface area contributed by atoms with Crippen LogP contribution in [0.2, 0.25) is 5.02 Å². The van der Waals surface area contributed by atoms with Gasteiger partial charge in [0.25, 0.3) is 5.91 Å². The molecule has 2 heterocycles. The van der Waals surface area contributed by atoms with E-state index >= 15 is 0 Å². The molecule has 1 aliphatic heterocycles. The number of hydrogen-bond donors (Lipinski definition) is 2. The second kappa shape index (κ2) is 10.8. The van der Waals surface area contributed by atoms with E-state index in [1.807, 2.05) is 9.47 Å². The number of aliphatic hydroxyl groups excluding tert-OH is 1. The number of carbonyl (C=O) groups excluding carboxylic acids is 1. The molecule has 1 saturated carbocycles. The minimum atomic E-state index is -4.78. The number of aliphatic hydroxyl groups is 1. The van der Waals surface area contributed by atoms with E-state index < -0.39 is 29.6 Å². The Morgan fingerprint density at radius 2 is 1.79 bits per heavy atom. The zero-order valence-electron chi connectivity index (χ0n) is 20.7. The number of hydrogen-bond acceptors (Lipinski definition) is 5. The molecule has 2 aliphatic rings. The first-order valence-electron chi connectivity index (χ1n) is 12.6. The van der Waals surface area contributed by atoms with Crippen LogP contribution in [-0.2, 0) is 0 Å². The Balaban J connectivity index is 1.20. The first-order chi connectivity index (χ1) is 18.5. The molecule has 1 aromatic heterocycles. The molecule has 3 aromatic rings. The lowest BCUT2D eigenvalue weighted by Crippen LogP contribution is -2.46. The standard InChI is InChI=1S/C27H26ClF4N3O4/c28-21-12-23-19(11-22(21)29)25(37)20(13-35(23)17-3-4-17)26(38)33-16-7-9-34(10-8-16)14-24(36)15-1-5-18(6-2-15)39-27(30,31)32/h1-2,5-6,11-13,16-17,24,36H,3-4,7-10,14H2,(H,33,38). The van der Waals surface area contributed by atoms with Gasteiger partial charge in [0, 0.05) is 43.3 Å². The molecule has 2 fully saturated rings. The number of halogens is 5. The third kappa shape index (κ3) is 6.37. The van der Waals surface area contributed by atoms with Crippen LogP contribution in [0.15, 0.2) is 47.4 Å². The number of piperidine rings is 1. The zero-order valence-corrected chi connectivity index (χ0v) is 21.4. The average molecular weight is 568 g/mol. The summed E-state index contributed by atoms with van der Waals surface area (Å²) in [7, 11) is 0. The minimum absolute atomic E-state index is 0.0491. The van der Waals surface area contributed by atoms with Gasteiger partial charge in [0.15, 0.2) is 0 Å². The summed E-state index contributed by atoms with van der Waals surface area (Å²) in [6.45, 7) is 1.39. The Morgan fingerprint density at radius 3 is 2.41 bits per heavy atom. The Morgan fingerprint density at radius 1 is 1.13 bits per heavy atom. The molecule has 0 bridgehead atoms. The summed E-state index contributed by atoms with van der Waals surface area (Å²) in [6, 6.07) is 7.51. The van der Waals surface area contributed by atoms with E-state index in [4.69, 9.17) is 11.6 Å². The van der Waals surface area contributed by atoms with Crippen molar-refractivity contribution >= 4 is 28.4 Å². The molecule has 1 atom stereocenters. The van der Waals surface area contributed by atoms with Crippen LogP contribution >= 0.6 is 11.6 Å². The molecule has 12 heteroatoms. The topological polar surface area (TPSA) is 83.8 Å². The molecule has 2 aromatic carbocycles. The highest BCUT2D eigenvalue weighted by Gasteiger charge is 2.31. The van der Waals surface area contributed by atoms with Crippen molar-refractivity contribution in [3.63, 3.8) is 0 Å². The molecule has 1 saturated heterocycles. The summed E-state index contributed by atoms with van der Waals surface area (Å²) in [5, 5.41) is 13.5. The van der Waals surface area contributed by atoms with Gasteiger partial charge < -0.3 is 24.6 Å². The highest BCUT2D eigenvalue weighted by atomic mass is 35.5. The van der Waals surface area contributed by atoms with E-state index in [0.717, 1.165) is 31.0 Å². The maximum atomic E-state index is 14.1. The van der Waals surface area contributed by atoms with E-state index in [1.165, 1.54) is 24.4 Å². The van der Waals surface area contributed by atoms with Crippen LogP contribution < -0.4 is 15.5 Å². The number of alkyl halides is 3. The van der Waals surface area contributed by atoms with Crippen molar-refractivity contribution in [2.75, 3.05) is 19.6 Å². The molecular weight excluding hydrogens is 542 g/mol. The molecule has 0 spiro atoms. The van der Waals surface area contributed by atoms with Gasteiger partial charge >= 0.3 is 6.36 Å². The normalized spacial score (nSPS) is 17.8. The summed E-state index contributed by atoms with van der Waals surface area (Å²) in [6.07, 6.45) is -1.23. The van der Waals surface area contributed by atoms with Gasteiger partial charge in [-0.1, -0.05) is 23.7 Å². The number of carbonyl (C=O) groups is 1. The second-order valence-corrected chi connectivity index (χ2v) is 10.4. The van der Waals surface area contributed by atoms with Crippen molar-refractivity contribution in [2.24, 2.45) is 0 Å². The Hall–Kier alpha value is -3.15. The molecule has 5 rings (SSSR count). The second-order valence-electron chi connectivity index (χ2n) is 9.97. The summed E-state index contributed by atoms with van der Waals surface area (Å²) in [4.78, 5) is 28.2. The van der Waals surface area contributed by atoms with Crippen LogP contribution in [0.5, 0.6) is 5.75 Å². The number of β-amino-alcohol motifs (C(OH)–C–C–N with tert-alkyl or cyclic N) is 1. The fraction of sp³-hybridized carbons (Fsp3) is 0.407. The van der Waals surface area contributed by atoms with Crippen LogP contribution in [0.25, 0.3) is 10.9 Å². The zero-order chi connectivity index (χ0) is 27.9. The fourth-order valence-corrected chi connectivity index (χ4v) is 5.08. The van der Waals surface area contributed by atoms with Crippen LogP contribution in [0.1, 0.15) is 53.8 Å². The van der Waals surface area contributed by atoms with Gasteiger partial charge in [0.05, 0.1) is 16.6 Å².